The largest absolute Gasteiger partial charge is 0.399 e. The van der Waals surface area contributed by atoms with Crippen LogP contribution in [0, 0.1) is 0 Å². The predicted molar refractivity (Wildman–Crippen MR) is 290 cm³/mol. The highest BCUT2D eigenvalue weighted by atomic mass is 15.2. The highest BCUT2D eigenvalue weighted by Crippen LogP contribution is 2.51. The molecule has 11 rings (SSSR count). The van der Waals surface area contributed by atoms with E-state index >= 15 is 0 Å². The molecule has 8 N–H and O–H groups in total. The molecular weight excluding hydrogens is 829 g/mol. The molecule has 68 heavy (non-hydrogen) atoms. The van der Waals surface area contributed by atoms with E-state index in [1.165, 1.54) is 0 Å². The van der Waals surface area contributed by atoms with Gasteiger partial charge in [-0.25, -0.2) is 0 Å². The average Bonchev–Trinajstić information content (AvgIpc) is 3.39. The number of fused-ring (bicyclic) bond motifs is 2. The van der Waals surface area contributed by atoms with Crippen LogP contribution in [0.4, 0.5) is 56.9 Å². The van der Waals surface area contributed by atoms with Crippen molar-refractivity contribution in [1.82, 2.24) is 0 Å². The van der Waals surface area contributed by atoms with Crippen molar-refractivity contribution in [3.8, 4) is 44.5 Å². The maximum absolute atomic E-state index is 6.08. The quantitative estimate of drug-likeness (QED) is 0.0619. The molecule has 0 saturated carbocycles. The molecule has 6 heteroatoms. The normalized spacial score (nSPS) is 11.2. The zero-order valence-electron chi connectivity index (χ0n) is 37.3. The third-order valence-electron chi connectivity index (χ3n) is 12.8. The topological polar surface area (TPSA) is 111 Å². The summed E-state index contributed by atoms with van der Waals surface area (Å²) in [6.07, 6.45) is 0. The second-order valence-corrected chi connectivity index (χ2v) is 17.1. The molecule has 0 aromatic heterocycles. The van der Waals surface area contributed by atoms with Crippen molar-refractivity contribution in [3.05, 3.63) is 243 Å². The lowest BCUT2D eigenvalue weighted by atomic mass is 9.94. The summed E-state index contributed by atoms with van der Waals surface area (Å²) in [6, 6.07) is 85.0. The molecule has 0 spiro atoms. The number of benzene rings is 11. The second kappa shape index (κ2) is 17.6. The van der Waals surface area contributed by atoms with Gasteiger partial charge in [-0.3, -0.25) is 0 Å². The van der Waals surface area contributed by atoms with Crippen LogP contribution in [0.15, 0.2) is 243 Å². The SMILES string of the molecule is Nc1ccc(-c2ccc(N(c3ccc(-c4ccc(N)cc4)cc3)c3c4ccccc4c(N(c4ccc(-c5ccc(N)cc5)cc4)c4ccc(-c5ccc(N)cc5)cc4)c4ccccc34)cc2)cc1. The molecule has 6 nitrogen and oxygen atoms in total. The van der Waals surface area contributed by atoms with Crippen LogP contribution in [0.2, 0.25) is 0 Å². The summed E-state index contributed by atoms with van der Waals surface area (Å²) in [6.45, 7) is 0. The molecule has 0 unspecified atom stereocenters. The van der Waals surface area contributed by atoms with Crippen molar-refractivity contribution in [1.29, 1.82) is 0 Å². The Labute approximate surface area is 396 Å². The van der Waals surface area contributed by atoms with E-state index in [4.69, 9.17) is 22.9 Å². The van der Waals surface area contributed by atoms with Gasteiger partial charge in [-0.05, 0) is 142 Å². The van der Waals surface area contributed by atoms with E-state index in [0.29, 0.717) is 0 Å². The molecule has 0 aliphatic carbocycles. The van der Waals surface area contributed by atoms with Gasteiger partial charge in [0.15, 0.2) is 0 Å². The van der Waals surface area contributed by atoms with Gasteiger partial charge in [0.05, 0.1) is 11.4 Å². The number of nitrogens with zero attached hydrogens (tertiary/aromatic N) is 2. The summed E-state index contributed by atoms with van der Waals surface area (Å²) < 4.78 is 0. The summed E-state index contributed by atoms with van der Waals surface area (Å²) in [5.41, 5.74) is 42.4. The number of nitrogens with two attached hydrogens (primary N) is 4. The van der Waals surface area contributed by atoms with E-state index in [9.17, 15) is 0 Å². The molecule has 0 bridgehead atoms. The zero-order chi connectivity index (χ0) is 46.1. The Morgan fingerprint density at radius 3 is 0.529 bits per heavy atom. The van der Waals surface area contributed by atoms with Gasteiger partial charge in [0.1, 0.15) is 0 Å². The first-order valence-corrected chi connectivity index (χ1v) is 22.7. The summed E-state index contributed by atoms with van der Waals surface area (Å²) in [7, 11) is 0. The second-order valence-electron chi connectivity index (χ2n) is 17.1. The molecule has 0 amide bonds. The van der Waals surface area contributed by atoms with Gasteiger partial charge in [-0.2, -0.15) is 0 Å². The lowest BCUT2D eigenvalue weighted by molar-refractivity contribution is 1.29. The molecule has 0 radical (unpaired) electrons. The number of anilines is 10. The van der Waals surface area contributed by atoms with E-state index < -0.39 is 0 Å². The molecule has 11 aromatic rings. The molecule has 326 valence electrons. The van der Waals surface area contributed by atoms with Crippen LogP contribution in [0.5, 0.6) is 0 Å². The van der Waals surface area contributed by atoms with Crippen molar-refractivity contribution < 1.29 is 0 Å². The van der Waals surface area contributed by atoms with E-state index in [2.05, 4.69) is 204 Å². The minimum Gasteiger partial charge on any atom is -0.399 e. The molecule has 0 aliphatic heterocycles. The van der Waals surface area contributed by atoms with Crippen LogP contribution in [-0.4, -0.2) is 0 Å². The van der Waals surface area contributed by atoms with Gasteiger partial charge in [0.2, 0.25) is 0 Å². The third-order valence-corrected chi connectivity index (χ3v) is 12.8. The fourth-order valence-corrected chi connectivity index (χ4v) is 9.29. The Hall–Kier alpha value is -9.26. The highest BCUT2D eigenvalue weighted by molar-refractivity contribution is 6.23. The van der Waals surface area contributed by atoms with E-state index in [0.717, 1.165) is 123 Å². The Bertz CT molecular complexity index is 3060. The maximum atomic E-state index is 6.08. The number of nitrogen functional groups attached to an aromatic ring is 4. The van der Waals surface area contributed by atoms with E-state index in [1.54, 1.807) is 0 Å². The summed E-state index contributed by atoms with van der Waals surface area (Å²) in [5, 5.41) is 4.42. The van der Waals surface area contributed by atoms with Gasteiger partial charge in [-0.15, -0.1) is 0 Å². The van der Waals surface area contributed by atoms with Crippen molar-refractivity contribution in [2.24, 2.45) is 0 Å². The fraction of sp³-hybridized carbons (Fsp3) is 0. The average molecular weight is 877 g/mol. The lowest BCUT2D eigenvalue weighted by Gasteiger charge is -2.33. The van der Waals surface area contributed by atoms with Crippen molar-refractivity contribution >= 4 is 78.4 Å². The first-order valence-electron chi connectivity index (χ1n) is 22.7. The van der Waals surface area contributed by atoms with Crippen LogP contribution in [-0.2, 0) is 0 Å². The minimum atomic E-state index is 0.741. The van der Waals surface area contributed by atoms with Gasteiger partial charge in [0.25, 0.3) is 0 Å². The smallest absolute Gasteiger partial charge is 0.0619 e. The summed E-state index contributed by atoms with van der Waals surface area (Å²) >= 11 is 0. The predicted octanol–water partition coefficient (Wildman–Crippen LogP) is 15.9. The first-order chi connectivity index (χ1) is 33.3. The molecular formula is C62H48N6. The number of hydrogen-bond donors (Lipinski definition) is 4. The molecule has 0 heterocycles. The maximum Gasteiger partial charge on any atom is 0.0619 e. The Balaban J connectivity index is 1.12. The molecule has 0 aliphatic rings. The van der Waals surface area contributed by atoms with Crippen LogP contribution < -0.4 is 32.7 Å². The fourth-order valence-electron chi connectivity index (χ4n) is 9.29. The molecule has 0 fully saturated rings. The number of rotatable bonds is 10. The van der Waals surface area contributed by atoms with Crippen LogP contribution in [0.1, 0.15) is 0 Å². The van der Waals surface area contributed by atoms with E-state index in [1.807, 2.05) is 48.5 Å². The lowest BCUT2D eigenvalue weighted by Crippen LogP contribution is -2.14. The summed E-state index contributed by atoms with van der Waals surface area (Å²) in [4.78, 5) is 4.81. The molecule has 0 saturated heterocycles. The van der Waals surface area contributed by atoms with Gasteiger partial charge in [0, 0.05) is 67.0 Å². The Kier molecular flexibility index (Phi) is 10.7. The number of hydrogen-bond acceptors (Lipinski definition) is 6. The molecule has 11 aromatic carbocycles. The van der Waals surface area contributed by atoms with Gasteiger partial charge >= 0.3 is 0 Å². The van der Waals surface area contributed by atoms with Crippen LogP contribution >= 0.6 is 0 Å². The highest BCUT2D eigenvalue weighted by Gasteiger charge is 2.26. The standard InChI is InChI=1S/C62H48N6/c63-49-25-9-41(10-26-49)45-17-33-53(34-18-45)67(54-35-19-46(20-36-54)42-11-27-50(64)28-12-42)61-57-5-1-2-6-58(57)62(60-8-4-3-7-59(60)61)68(55-37-21-47(22-38-55)43-13-29-51(65)30-14-43)56-39-23-48(24-40-56)44-15-31-52(66)32-16-44/h1-40H,63-66H2. The summed E-state index contributed by atoms with van der Waals surface area (Å²) in [5.74, 6) is 0. The minimum absolute atomic E-state index is 0.741. The van der Waals surface area contributed by atoms with Crippen LogP contribution in [0.3, 0.4) is 0 Å². The van der Waals surface area contributed by atoms with Crippen LogP contribution in [0.25, 0.3) is 66.1 Å². The van der Waals surface area contributed by atoms with Crippen molar-refractivity contribution in [2.45, 2.75) is 0 Å². The third kappa shape index (κ3) is 7.97. The van der Waals surface area contributed by atoms with E-state index in [-0.39, 0.29) is 0 Å². The van der Waals surface area contributed by atoms with Gasteiger partial charge in [-0.1, -0.05) is 146 Å². The molecule has 0 atom stereocenters. The van der Waals surface area contributed by atoms with Gasteiger partial charge < -0.3 is 32.7 Å². The zero-order valence-corrected chi connectivity index (χ0v) is 37.3. The van der Waals surface area contributed by atoms with Crippen molar-refractivity contribution in [3.63, 3.8) is 0 Å². The Morgan fingerprint density at radius 1 is 0.191 bits per heavy atom. The Morgan fingerprint density at radius 2 is 0.353 bits per heavy atom. The first kappa shape index (κ1) is 41.4. The monoisotopic (exact) mass is 876 g/mol. The van der Waals surface area contributed by atoms with Crippen molar-refractivity contribution in [2.75, 3.05) is 32.7 Å².